The maximum atomic E-state index is 6.03. The van der Waals surface area contributed by atoms with Crippen molar-refractivity contribution in [3.8, 4) is 0 Å². The molecule has 1 aromatic rings. The van der Waals surface area contributed by atoms with Crippen molar-refractivity contribution < 1.29 is 9.47 Å². The van der Waals surface area contributed by atoms with E-state index >= 15 is 0 Å². The number of ether oxygens (including phenoxy) is 2. The zero-order valence-electron chi connectivity index (χ0n) is 11.8. The van der Waals surface area contributed by atoms with Crippen molar-refractivity contribution in [3.63, 3.8) is 0 Å². The number of nitrogens with one attached hydrogen (secondary N) is 1. The summed E-state index contributed by atoms with van der Waals surface area (Å²) in [4.78, 5) is 0. The van der Waals surface area contributed by atoms with Crippen molar-refractivity contribution in [3.05, 3.63) is 17.5 Å². The minimum atomic E-state index is 0.0816. The molecule has 0 aliphatic carbocycles. The lowest BCUT2D eigenvalue weighted by Crippen LogP contribution is -2.41. The van der Waals surface area contributed by atoms with Crippen LogP contribution in [0.3, 0.4) is 0 Å². The molecule has 1 unspecified atom stereocenters. The third kappa shape index (κ3) is 2.83. The fourth-order valence-corrected chi connectivity index (χ4v) is 3.14. The Kier molecular flexibility index (Phi) is 3.60. The van der Waals surface area contributed by atoms with Crippen LogP contribution in [0.4, 0.5) is 0 Å². The van der Waals surface area contributed by atoms with Crippen molar-refractivity contribution in [1.82, 2.24) is 15.1 Å². The molecule has 1 spiro atoms. The summed E-state index contributed by atoms with van der Waals surface area (Å²) in [7, 11) is 1.96. The van der Waals surface area contributed by atoms with Crippen LogP contribution in [0.25, 0.3) is 0 Å². The molecule has 1 atom stereocenters. The van der Waals surface area contributed by atoms with Gasteiger partial charge in [0.2, 0.25) is 0 Å². The molecule has 0 aromatic carbocycles. The first-order valence-corrected chi connectivity index (χ1v) is 7.13. The summed E-state index contributed by atoms with van der Waals surface area (Å²) in [5, 5.41) is 7.72. The van der Waals surface area contributed by atoms with Gasteiger partial charge in [0.25, 0.3) is 0 Å². The summed E-state index contributed by atoms with van der Waals surface area (Å²) in [6.07, 6.45) is 3.48. The molecule has 0 bridgehead atoms. The van der Waals surface area contributed by atoms with E-state index in [2.05, 4.69) is 16.5 Å². The summed E-state index contributed by atoms with van der Waals surface area (Å²) in [5.74, 6) is 0. The van der Waals surface area contributed by atoms with Gasteiger partial charge in [0.15, 0.2) is 0 Å². The van der Waals surface area contributed by atoms with Gasteiger partial charge in [-0.25, -0.2) is 0 Å². The Hall–Kier alpha value is -0.910. The summed E-state index contributed by atoms with van der Waals surface area (Å²) in [6.45, 7) is 5.49. The Morgan fingerprint density at radius 2 is 2.32 bits per heavy atom. The van der Waals surface area contributed by atoms with E-state index in [4.69, 9.17) is 9.47 Å². The molecule has 5 heteroatoms. The minimum Gasteiger partial charge on any atom is -0.372 e. The lowest BCUT2D eigenvalue weighted by molar-refractivity contribution is -0.0243. The number of aryl methyl sites for hydroxylation is 2. The zero-order valence-corrected chi connectivity index (χ0v) is 11.8. The number of piperidine rings is 1. The minimum absolute atomic E-state index is 0.0816. The molecule has 19 heavy (non-hydrogen) atoms. The van der Waals surface area contributed by atoms with Crippen molar-refractivity contribution in [2.45, 2.75) is 44.5 Å². The number of rotatable bonds is 3. The lowest BCUT2D eigenvalue weighted by atomic mass is 9.89. The van der Waals surface area contributed by atoms with Crippen LogP contribution in [0.15, 0.2) is 6.07 Å². The van der Waals surface area contributed by atoms with Crippen molar-refractivity contribution >= 4 is 0 Å². The van der Waals surface area contributed by atoms with Crippen LogP contribution in [-0.2, 0) is 23.1 Å². The van der Waals surface area contributed by atoms with Gasteiger partial charge in [0.05, 0.1) is 36.3 Å². The molecular weight excluding hydrogens is 242 g/mol. The maximum Gasteiger partial charge on any atom is 0.0889 e. The Balaban J connectivity index is 1.53. The molecule has 5 nitrogen and oxygen atoms in total. The molecule has 106 valence electrons. The lowest BCUT2D eigenvalue weighted by Gasteiger charge is -2.32. The van der Waals surface area contributed by atoms with Gasteiger partial charge in [-0.2, -0.15) is 5.10 Å². The van der Waals surface area contributed by atoms with E-state index in [9.17, 15) is 0 Å². The van der Waals surface area contributed by atoms with E-state index in [0.717, 1.165) is 50.3 Å². The van der Waals surface area contributed by atoms with Gasteiger partial charge in [-0.1, -0.05) is 0 Å². The average Bonchev–Trinajstić information content (AvgIpc) is 2.92. The second kappa shape index (κ2) is 5.23. The SMILES string of the molecule is Cc1cc(COC2COC3(CCNCC3)C2)n(C)n1. The highest BCUT2D eigenvalue weighted by atomic mass is 16.6. The topological polar surface area (TPSA) is 48.3 Å². The zero-order chi connectivity index (χ0) is 13.3. The van der Waals surface area contributed by atoms with Gasteiger partial charge in [0.1, 0.15) is 0 Å². The quantitative estimate of drug-likeness (QED) is 0.891. The summed E-state index contributed by atoms with van der Waals surface area (Å²) in [5.41, 5.74) is 2.25. The normalized spacial score (nSPS) is 26.1. The van der Waals surface area contributed by atoms with Crippen LogP contribution in [-0.4, -0.2) is 41.2 Å². The highest BCUT2D eigenvalue weighted by Crippen LogP contribution is 2.35. The maximum absolute atomic E-state index is 6.03. The van der Waals surface area contributed by atoms with Crippen molar-refractivity contribution in [2.24, 2.45) is 7.05 Å². The van der Waals surface area contributed by atoms with E-state index in [1.807, 2.05) is 18.7 Å². The predicted molar refractivity (Wildman–Crippen MR) is 71.9 cm³/mol. The average molecular weight is 265 g/mol. The van der Waals surface area contributed by atoms with E-state index in [0.29, 0.717) is 6.61 Å². The first kappa shape index (κ1) is 13.1. The fourth-order valence-electron chi connectivity index (χ4n) is 3.14. The third-order valence-corrected chi connectivity index (χ3v) is 4.26. The molecule has 3 heterocycles. The number of hydrogen-bond acceptors (Lipinski definition) is 4. The monoisotopic (exact) mass is 265 g/mol. The standard InChI is InChI=1S/C14H23N3O2/c1-11-7-12(17(2)16-11)9-18-13-8-14(19-10-13)3-5-15-6-4-14/h7,13,15H,3-6,8-10H2,1-2H3. The molecule has 0 radical (unpaired) electrons. The van der Waals surface area contributed by atoms with Gasteiger partial charge >= 0.3 is 0 Å². The van der Waals surface area contributed by atoms with E-state index in [-0.39, 0.29) is 11.7 Å². The Morgan fingerprint density at radius 1 is 1.53 bits per heavy atom. The first-order valence-electron chi connectivity index (χ1n) is 7.13. The van der Waals surface area contributed by atoms with Crippen LogP contribution < -0.4 is 5.32 Å². The Bertz CT molecular complexity index is 438. The van der Waals surface area contributed by atoms with Crippen LogP contribution in [0.1, 0.15) is 30.7 Å². The molecule has 2 fully saturated rings. The first-order chi connectivity index (χ1) is 9.17. The van der Waals surface area contributed by atoms with Crippen LogP contribution in [0.5, 0.6) is 0 Å². The molecule has 1 aromatic heterocycles. The Morgan fingerprint density at radius 3 is 3.00 bits per heavy atom. The molecule has 2 saturated heterocycles. The molecule has 0 amide bonds. The van der Waals surface area contributed by atoms with Crippen molar-refractivity contribution in [2.75, 3.05) is 19.7 Å². The molecule has 1 N–H and O–H groups in total. The van der Waals surface area contributed by atoms with Gasteiger partial charge < -0.3 is 14.8 Å². The molecule has 3 rings (SSSR count). The number of aromatic nitrogens is 2. The Labute approximate surface area is 114 Å². The van der Waals surface area contributed by atoms with Gasteiger partial charge in [-0.05, 0) is 38.9 Å². The third-order valence-electron chi connectivity index (χ3n) is 4.26. The van der Waals surface area contributed by atoms with Gasteiger partial charge in [0, 0.05) is 13.5 Å². The largest absolute Gasteiger partial charge is 0.372 e. The van der Waals surface area contributed by atoms with E-state index in [1.165, 1.54) is 0 Å². The fraction of sp³-hybridized carbons (Fsp3) is 0.786. The van der Waals surface area contributed by atoms with Crippen LogP contribution in [0.2, 0.25) is 0 Å². The number of nitrogens with zero attached hydrogens (tertiary/aromatic N) is 2. The van der Waals surface area contributed by atoms with Crippen LogP contribution >= 0.6 is 0 Å². The van der Waals surface area contributed by atoms with Gasteiger partial charge in [-0.15, -0.1) is 0 Å². The highest BCUT2D eigenvalue weighted by Gasteiger charge is 2.41. The summed E-state index contributed by atoms with van der Waals surface area (Å²) < 4.78 is 13.9. The second-order valence-corrected chi connectivity index (χ2v) is 5.78. The molecule has 2 aliphatic rings. The smallest absolute Gasteiger partial charge is 0.0889 e. The summed E-state index contributed by atoms with van der Waals surface area (Å²) in [6, 6.07) is 2.08. The van der Waals surface area contributed by atoms with Crippen molar-refractivity contribution in [1.29, 1.82) is 0 Å². The van der Waals surface area contributed by atoms with E-state index < -0.39 is 0 Å². The second-order valence-electron chi connectivity index (χ2n) is 5.78. The van der Waals surface area contributed by atoms with Gasteiger partial charge in [-0.3, -0.25) is 4.68 Å². The number of hydrogen-bond donors (Lipinski definition) is 1. The molecular formula is C14H23N3O2. The molecule has 2 aliphatic heterocycles. The summed E-state index contributed by atoms with van der Waals surface area (Å²) >= 11 is 0. The van der Waals surface area contributed by atoms with Crippen LogP contribution in [0, 0.1) is 6.92 Å². The predicted octanol–water partition coefficient (Wildman–Crippen LogP) is 1.16. The highest BCUT2D eigenvalue weighted by molar-refractivity contribution is 5.07. The molecule has 0 saturated carbocycles. The van der Waals surface area contributed by atoms with E-state index in [1.54, 1.807) is 0 Å².